The van der Waals surface area contributed by atoms with Gasteiger partial charge >= 0.3 is 12.1 Å². The standard InChI is InChI=1S/C20H21BrN2O6/c21-15-8-4-7-14(9-15)10-16(19(26)27)22-18(25)17(11-24)23-20(28)29-12-13-5-2-1-3-6-13/h1-9,16-17,24H,10-12H2,(H,22,25)(H,23,28)(H,26,27)/t16-,17+/m1/s1. The van der Waals surface area contributed by atoms with Crippen LogP contribution in [0.25, 0.3) is 0 Å². The second-order valence-electron chi connectivity index (χ2n) is 6.17. The molecule has 0 aromatic heterocycles. The van der Waals surface area contributed by atoms with Crippen molar-refractivity contribution in [3.63, 3.8) is 0 Å². The summed E-state index contributed by atoms with van der Waals surface area (Å²) in [5, 5.41) is 23.4. The number of aliphatic carboxylic acids is 1. The fourth-order valence-corrected chi connectivity index (χ4v) is 2.92. The number of hydrogen-bond acceptors (Lipinski definition) is 5. The summed E-state index contributed by atoms with van der Waals surface area (Å²) < 4.78 is 5.79. The molecule has 0 spiro atoms. The van der Waals surface area contributed by atoms with Crippen molar-refractivity contribution >= 4 is 33.9 Å². The minimum atomic E-state index is -1.34. The zero-order chi connectivity index (χ0) is 21.2. The van der Waals surface area contributed by atoms with E-state index in [1.165, 1.54) is 0 Å². The number of carbonyl (C=O) groups is 3. The lowest BCUT2D eigenvalue weighted by Gasteiger charge is -2.20. The van der Waals surface area contributed by atoms with Crippen LogP contribution < -0.4 is 10.6 Å². The highest BCUT2D eigenvalue weighted by molar-refractivity contribution is 9.10. The van der Waals surface area contributed by atoms with Crippen LogP contribution in [0.15, 0.2) is 59.1 Å². The largest absolute Gasteiger partial charge is 0.480 e. The molecule has 0 saturated carbocycles. The molecule has 9 heteroatoms. The number of halogens is 1. The number of carboxylic acids is 1. The normalized spacial score (nSPS) is 12.5. The molecule has 2 aromatic carbocycles. The fraction of sp³-hybridized carbons (Fsp3) is 0.250. The summed E-state index contributed by atoms with van der Waals surface area (Å²) in [6, 6.07) is 13.4. The lowest BCUT2D eigenvalue weighted by molar-refractivity contribution is -0.142. The highest BCUT2D eigenvalue weighted by atomic mass is 79.9. The van der Waals surface area contributed by atoms with Gasteiger partial charge in [0.2, 0.25) is 5.91 Å². The molecule has 0 aliphatic rings. The first-order chi connectivity index (χ1) is 13.9. The van der Waals surface area contributed by atoms with Gasteiger partial charge in [-0.05, 0) is 23.3 Å². The Balaban J connectivity index is 1.92. The zero-order valence-electron chi connectivity index (χ0n) is 15.4. The van der Waals surface area contributed by atoms with Gasteiger partial charge in [-0.3, -0.25) is 4.79 Å². The third kappa shape index (κ3) is 7.55. The van der Waals surface area contributed by atoms with Crippen LogP contribution >= 0.6 is 15.9 Å². The van der Waals surface area contributed by atoms with Crippen molar-refractivity contribution in [3.05, 3.63) is 70.2 Å². The average molecular weight is 465 g/mol. The maximum atomic E-state index is 12.3. The molecule has 0 aliphatic heterocycles. The molecule has 0 radical (unpaired) electrons. The lowest BCUT2D eigenvalue weighted by Crippen LogP contribution is -2.53. The molecular formula is C20H21BrN2O6. The van der Waals surface area contributed by atoms with E-state index in [-0.39, 0.29) is 13.0 Å². The highest BCUT2D eigenvalue weighted by Crippen LogP contribution is 2.13. The van der Waals surface area contributed by atoms with Crippen LogP contribution in [0.4, 0.5) is 4.79 Å². The molecule has 0 unspecified atom stereocenters. The van der Waals surface area contributed by atoms with Gasteiger partial charge in [0.05, 0.1) is 6.61 Å². The topological polar surface area (TPSA) is 125 Å². The Bertz CT molecular complexity index is 846. The highest BCUT2D eigenvalue weighted by Gasteiger charge is 2.26. The van der Waals surface area contributed by atoms with E-state index in [1.807, 2.05) is 6.07 Å². The molecule has 0 fully saturated rings. The second kappa shape index (κ2) is 11.2. The summed E-state index contributed by atoms with van der Waals surface area (Å²) in [6.45, 7) is -0.720. The SMILES string of the molecule is O=C(N[C@@H](CO)C(=O)N[C@H](Cc1cccc(Br)c1)C(=O)O)OCc1ccccc1. The summed E-state index contributed by atoms with van der Waals surface area (Å²) in [5.41, 5.74) is 1.45. The van der Waals surface area contributed by atoms with Crippen LogP contribution in [0.2, 0.25) is 0 Å². The van der Waals surface area contributed by atoms with Gasteiger partial charge in [-0.1, -0.05) is 58.4 Å². The first-order valence-corrected chi connectivity index (χ1v) is 9.54. The molecule has 2 aromatic rings. The van der Waals surface area contributed by atoms with E-state index in [0.29, 0.717) is 5.56 Å². The fourth-order valence-electron chi connectivity index (χ4n) is 2.47. The number of alkyl carbamates (subject to hydrolysis) is 1. The van der Waals surface area contributed by atoms with E-state index in [1.54, 1.807) is 48.5 Å². The minimum Gasteiger partial charge on any atom is -0.480 e. The number of hydrogen-bond donors (Lipinski definition) is 4. The van der Waals surface area contributed by atoms with Gasteiger partial charge in [0.25, 0.3) is 0 Å². The van der Waals surface area contributed by atoms with Crippen LogP contribution in [-0.2, 0) is 27.4 Å². The number of benzene rings is 2. The quantitative estimate of drug-likeness (QED) is 0.448. The maximum Gasteiger partial charge on any atom is 0.408 e. The van der Waals surface area contributed by atoms with E-state index >= 15 is 0 Å². The predicted octanol–water partition coefficient (Wildman–Crippen LogP) is 1.85. The zero-order valence-corrected chi connectivity index (χ0v) is 17.0. The smallest absolute Gasteiger partial charge is 0.408 e. The number of carboxylic acid groups (broad SMARTS) is 1. The van der Waals surface area contributed by atoms with E-state index in [0.717, 1.165) is 10.0 Å². The van der Waals surface area contributed by atoms with Gasteiger partial charge < -0.3 is 25.6 Å². The van der Waals surface area contributed by atoms with Crippen LogP contribution in [0.5, 0.6) is 0 Å². The summed E-state index contributed by atoms with van der Waals surface area (Å²) in [4.78, 5) is 35.8. The number of ether oxygens (including phenoxy) is 1. The van der Waals surface area contributed by atoms with E-state index in [4.69, 9.17) is 4.74 Å². The van der Waals surface area contributed by atoms with Crippen molar-refractivity contribution in [1.82, 2.24) is 10.6 Å². The molecule has 2 amide bonds. The van der Waals surface area contributed by atoms with Gasteiger partial charge in [0.1, 0.15) is 18.7 Å². The van der Waals surface area contributed by atoms with E-state index < -0.39 is 36.7 Å². The van der Waals surface area contributed by atoms with E-state index in [9.17, 15) is 24.6 Å². The van der Waals surface area contributed by atoms with Gasteiger partial charge in [0, 0.05) is 10.9 Å². The number of aliphatic hydroxyl groups is 1. The Morgan fingerprint density at radius 2 is 1.66 bits per heavy atom. The number of nitrogens with one attached hydrogen (secondary N) is 2. The van der Waals surface area contributed by atoms with Crippen LogP contribution in [0.1, 0.15) is 11.1 Å². The van der Waals surface area contributed by atoms with Crippen molar-refractivity contribution in [2.24, 2.45) is 0 Å². The molecule has 0 aliphatic carbocycles. The predicted molar refractivity (Wildman–Crippen MR) is 108 cm³/mol. The summed E-state index contributed by atoms with van der Waals surface area (Å²) in [7, 11) is 0. The molecule has 154 valence electrons. The second-order valence-corrected chi connectivity index (χ2v) is 7.09. The molecule has 0 saturated heterocycles. The molecule has 0 bridgehead atoms. The first kappa shape index (κ1) is 22.4. The maximum absolute atomic E-state index is 12.3. The summed E-state index contributed by atoms with van der Waals surface area (Å²) >= 11 is 3.30. The number of carbonyl (C=O) groups excluding carboxylic acids is 2. The molecule has 4 N–H and O–H groups in total. The monoisotopic (exact) mass is 464 g/mol. The van der Waals surface area contributed by atoms with Crippen LogP contribution in [0, 0.1) is 0 Å². The number of rotatable bonds is 9. The minimum absolute atomic E-state index is 0.00687. The van der Waals surface area contributed by atoms with E-state index in [2.05, 4.69) is 26.6 Å². The van der Waals surface area contributed by atoms with Crippen molar-refractivity contribution < 1.29 is 29.3 Å². The molecule has 2 rings (SSSR count). The number of amides is 2. The molecule has 29 heavy (non-hydrogen) atoms. The van der Waals surface area contributed by atoms with Crippen LogP contribution in [-0.4, -0.2) is 46.9 Å². The van der Waals surface area contributed by atoms with Gasteiger partial charge in [-0.25, -0.2) is 9.59 Å². The molecule has 8 nitrogen and oxygen atoms in total. The summed E-state index contributed by atoms with van der Waals surface area (Å²) in [6.07, 6.45) is -0.862. The Hall–Kier alpha value is -2.91. The van der Waals surface area contributed by atoms with Crippen LogP contribution in [0.3, 0.4) is 0 Å². The third-order valence-electron chi connectivity index (χ3n) is 3.95. The average Bonchev–Trinajstić information content (AvgIpc) is 2.70. The van der Waals surface area contributed by atoms with Crippen molar-refractivity contribution in [2.45, 2.75) is 25.1 Å². The Labute approximate surface area is 176 Å². The van der Waals surface area contributed by atoms with Crippen molar-refractivity contribution in [2.75, 3.05) is 6.61 Å². The Morgan fingerprint density at radius 1 is 0.966 bits per heavy atom. The molecule has 2 atom stereocenters. The third-order valence-corrected chi connectivity index (χ3v) is 4.44. The van der Waals surface area contributed by atoms with Crippen molar-refractivity contribution in [1.29, 1.82) is 0 Å². The first-order valence-electron chi connectivity index (χ1n) is 8.74. The Kier molecular flexibility index (Phi) is 8.63. The van der Waals surface area contributed by atoms with Crippen molar-refractivity contribution in [3.8, 4) is 0 Å². The molecule has 0 heterocycles. The van der Waals surface area contributed by atoms with Gasteiger partial charge in [0.15, 0.2) is 0 Å². The Morgan fingerprint density at radius 3 is 2.28 bits per heavy atom. The molecular weight excluding hydrogens is 444 g/mol. The van der Waals surface area contributed by atoms with Gasteiger partial charge in [-0.2, -0.15) is 0 Å². The van der Waals surface area contributed by atoms with Gasteiger partial charge in [-0.15, -0.1) is 0 Å². The summed E-state index contributed by atoms with van der Waals surface area (Å²) in [5.74, 6) is -2.06. The lowest BCUT2D eigenvalue weighted by atomic mass is 10.1. The number of aliphatic hydroxyl groups excluding tert-OH is 1.